The predicted molar refractivity (Wildman–Crippen MR) is 100 cm³/mol. The summed E-state index contributed by atoms with van der Waals surface area (Å²) < 4.78 is 11.4. The Kier molecular flexibility index (Phi) is 5.40. The molecule has 0 radical (unpaired) electrons. The first-order valence-corrected chi connectivity index (χ1v) is 8.92. The van der Waals surface area contributed by atoms with E-state index in [2.05, 4.69) is 5.32 Å². The van der Waals surface area contributed by atoms with Crippen LogP contribution < -0.4 is 14.8 Å². The number of amides is 1. The summed E-state index contributed by atoms with van der Waals surface area (Å²) in [5.41, 5.74) is 2.28. The molecular weight excluding hydrogens is 361 g/mol. The third-order valence-electron chi connectivity index (χ3n) is 3.97. The Morgan fingerprint density at radius 1 is 1.32 bits per heavy atom. The van der Waals surface area contributed by atoms with Gasteiger partial charge in [-0.05, 0) is 37.6 Å². The van der Waals surface area contributed by atoms with Crippen molar-refractivity contribution >= 4 is 34.8 Å². The molecular formula is C19H19Cl2NO3. The number of carbonyl (C=O) groups is 1. The number of halogens is 2. The molecule has 0 fully saturated rings. The van der Waals surface area contributed by atoms with Gasteiger partial charge < -0.3 is 14.8 Å². The first kappa shape index (κ1) is 17.9. The average Bonchev–Trinajstić information content (AvgIpc) is 2.90. The molecule has 132 valence electrons. The van der Waals surface area contributed by atoms with Crippen molar-refractivity contribution in [2.75, 3.05) is 11.9 Å². The number of anilines is 1. The second-order valence-electron chi connectivity index (χ2n) is 5.95. The predicted octanol–water partition coefficient (Wildman–Crippen LogP) is 4.90. The largest absolute Gasteiger partial charge is 0.492 e. The molecule has 25 heavy (non-hydrogen) atoms. The van der Waals surface area contributed by atoms with Gasteiger partial charge in [0, 0.05) is 28.1 Å². The molecule has 0 saturated carbocycles. The van der Waals surface area contributed by atoms with Gasteiger partial charge in [-0.15, -0.1) is 0 Å². The maximum atomic E-state index is 12.5. The lowest BCUT2D eigenvalue weighted by Gasteiger charge is -2.14. The lowest BCUT2D eigenvalue weighted by molar-refractivity contribution is -0.115. The van der Waals surface area contributed by atoms with Crippen LogP contribution in [0.15, 0.2) is 30.3 Å². The highest BCUT2D eigenvalue weighted by Gasteiger charge is 2.23. The Balaban J connectivity index is 1.82. The summed E-state index contributed by atoms with van der Waals surface area (Å²) >= 11 is 12.3. The van der Waals surface area contributed by atoms with Crippen LogP contribution in [0.25, 0.3) is 0 Å². The Bertz CT molecular complexity index is 787. The third-order valence-corrected chi connectivity index (χ3v) is 4.68. The van der Waals surface area contributed by atoms with E-state index in [0.717, 1.165) is 17.7 Å². The molecule has 0 bridgehead atoms. The van der Waals surface area contributed by atoms with Crippen LogP contribution in [0.1, 0.15) is 25.0 Å². The number of nitrogens with one attached hydrogen (secondary N) is 1. The normalized spacial score (nSPS) is 15.4. The lowest BCUT2D eigenvalue weighted by atomic mass is 10.1. The summed E-state index contributed by atoms with van der Waals surface area (Å²) in [5, 5.41) is 3.82. The smallest absolute Gasteiger partial charge is 0.229 e. The standard InChI is InChI=1S/C19H19Cl2NO3/c1-3-24-18-8-12-7-11(2)25-17(12)10-16(18)22-19(23)9-13-14(20)5-4-6-15(13)21/h4-6,8,10-11H,3,7,9H2,1-2H3,(H,22,23)/t11-/m1/s1. The van der Waals surface area contributed by atoms with Crippen LogP contribution in [0.3, 0.4) is 0 Å². The van der Waals surface area contributed by atoms with Gasteiger partial charge in [0.15, 0.2) is 0 Å². The van der Waals surface area contributed by atoms with E-state index < -0.39 is 0 Å². The zero-order chi connectivity index (χ0) is 18.0. The van der Waals surface area contributed by atoms with Crippen LogP contribution in [-0.4, -0.2) is 18.6 Å². The Hall–Kier alpha value is -1.91. The average molecular weight is 380 g/mol. The van der Waals surface area contributed by atoms with Crippen molar-refractivity contribution in [1.29, 1.82) is 0 Å². The summed E-state index contributed by atoms with van der Waals surface area (Å²) in [4.78, 5) is 12.5. The molecule has 2 aromatic rings. The van der Waals surface area contributed by atoms with Gasteiger partial charge in [-0.25, -0.2) is 0 Å². The Labute approximate surface area is 157 Å². The molecule has 3 rings (SSSR count). The first-order chi connectivity index (χ1) is 12.0. The summed E-state index contributed by atoms with van der Waals surface area (Å²) in [7, 11) is 0. The number of benzene rings is 2. The Morgan fingerprint density at radius 2 is 2.04 bits per heavy atom. The number of carbonyl (C=O) groups excluding carboxylic acids is 1. The van der Waals surface area contributed by atoms with E-state index in [1.807, 2.05) is 26.0 Å². The highest BCUT2D eigenvalue weighted by Crippen LogP contribution is 2.38. The van der Waals surface area contributed by atoms with E-state index in [0.29, 0.717) is 33.7 Å². The molecule has 0 spiro atoms. The van der Waals surface area contributed by atoms with Gasteiger partial charge in [0.05, 0.1) is 18.7 Å². The maximum absolute atomic E-state index is 12.5. The van der Waals surface area contributed by atoms with Gasteiger partial charge in [-0.2, -0.15) is 0 Å². The van der Waals surface area contributed by atoms with Crippen molar-refractivity contribution < 1.29 is 14.3 Å². The van der Waals surface area contributed by atoms with Crippen LogP contribution in [0.4, 0.5) is 5.69 Å². The molecule has 0 unspecified atom stereocenters. The molecule has 2 aromatic carbocycles. The quantitative estimate of drug-likeness (QED) is 0.803. The number of fused-ring (bicyclic) bond motifs is 1. The fourth-order valence-corrected chi connectivity index (χ4v) is 3.40. The fraction of sp³-hybridized carbons (Fsp3) is 0.316. The van der Waals surface area contributed by atoms with Crippen molar-refractivity contribution in [3.05, 3.63) is 51.5 Å². The second kappa shape index (κ2) is 7.54. The number of hydrogen-bond acceptors (Lipinski definition) is 3. The van der Waals surface area contributed by atoms with Crippen molar-refractivity contribution in [3.8, 4) is 11.5 Å². The highest BCUT2D eigenvalue weighted by atomic mass is 35.5. The lowest BCUT2D eigenvalue weighted by Crippen LogP contribution is -2.16. The van der Waals surface area contributed by atoms with E-state index in [4.69, 9.17) is 32.7 Å². The zero-order valence-electron chi connectivity index (χ0n) is 14.1. The molecule has 1 aliphatic heterocycles. The van der Waals surface area contributed by atoms with E-state index in [1.54, 1.807) is 18.2 Å². The van der Waals surface area contributed by atoms with Crippen molar-refractivity contribution in [3.63, 3.8) is 0 Å². The van der Waals surface area contributed by atoms with Crippen LogP contribution in [0.5, 0.6) is 11.5 Å². The molecule has 0 saturated heterocycles. The molecule has 1 heterocycles. The molecule has 1 aliphatic rings. The van der Waals surface area contributed by atoms with E-state index in [1.165, 1.54) is 0 Å². The van der Waals surface area contributed by atoms with Crippen LogP contribution in [-0.2, 0) is 17.6 Å². The molecule has 0 aromatic heterocycles. The van der Waals surface area contributed by atoms with E-state index in [-0.39, 0.29) is 18.4 Å². The first-order valence-electron chi connectivity index (χ1n) is 8.17. The monoisotopic (exact) mass is 379 g/mol. The van der Waals surface area contributed by atoms with Crippen LogP contribution in [0, 0.1) is 0 Å². The number of hydrogen-bond donors (Lipinski definition) is 1. The minimum absolute atomic E-state index is 0.0818. The SMILES string of the molecule is CCOc1cc2c(cc1NC(=O)Cc1c(Cl)cccc1Cl)O[C@H](C)C2. The van der Waals surface area contributed by atoms with Gasteiger partial charge in [-0.3, -0.25) is 4.79 Å². The molecule has 6 heteroatoms. The van der Waals surface area contributed by atoms with E-state index >= 15 is 0 Å². The van der Waals surface area contributed by atoms with Crippen molar-refractivity contribution in [1.82, 2.24) is 0 Å². The Morgan fingerprint density at radius 3 is 2.72 bits per heavy atom. The number of ether oxygens (including phenoxy) is 2. The van der Waals surface area contributed by atoms with Gasteiger partial charge >= 0.3 is 0 Å². The van der Waals surface area contributed by atoms with Crippen molar-refractivity contribution in [2.45, 2.75) is 32.8 Å². The molecule has 1 N–H and O–H groups in total. The maximum Gasteiger partial charge on any atom is 0.229 e. The summed E-state index contributed by atoms with van der Waals surface area (Å²) in [6.07, 6.45) is 1.04. The third kappa shape index (κ3) is 4.02. The van der Waals surface area contributed by atoms with Gasteiger partial charge in [-0.1, -0.05) is 29.3 Å². The topological polar surface area (TPSA) is 47.6 Å². The molecule has 4 nitrogen and oxygen atoms in total. The van der Waals surface area contributed by atoms with E-state index in [9.17, 15) is 4.79 Å². The summed E-state index contributed by atoms with van der Waals surface area (Å²) in [6.45, 7) is 4.42. The minimum atomic E-state index is -0.220. The highest BCUT2D eigenvalue weighted by molar-refractivity contribution is 6.36. The molecule has 1 amide bonds. The molecule has 1 atom stereocenters. The van der Waals surface area contributed by atoms with Crippen LogP contribution >= 0.6 is 23.2 Å². The second-order valence-corrected chi connectivity index (χ2v) is 6.76. The molecule has 0 aliphatic carbocycles. The summed E-state index contributed by atoms with van der Waals surface area (Å²) in [6, 6.07) is 8.92. The van der Waals surface area contributed by atoms with Gasteiger partial charge in [0.2, 0.25) is 5.91 Å². The van der Waals surface area contributed by atoms with Gasteiger partial charge in [0.25, 0.3) is 0 Å². The van der Waals surface area contributed by atoms with Crippen LogP contribution in [0.2, 0.25) is 10.0 Å². The van der Waals surface area contributed by atoms with Gasteiger partial charge in [0.1, 0.15) is 17.6 Å². The number of rotatable bonds is 5. The minimum Gasteiger partial charge on any atom is -0.492 e. The summed E-state index contributed by atoms with van der Waals surface area (Å²) in [5.74, 6) is 1.20. The zero-order valence-corrected chi connectivity index (χ0v) is 15.6. The van der Waals surface area contributed by atoms with Crippen molar-refractivity contribution in [2.24, 2.45) is 0 Å². The fourth-order valence-electron chi connectivity index (χ4n) is 2.87.